The highest BCUT2D eigenvalue weighted by Crippen LogP contribution is 2.61. The van der Waals surface area contributed by atoms with Crippen molar-refractivity contribution in [3.8, 4) is 0 Å². The van der Waals surface area contributed by atoms with E-state index in [1.54, 1.807) is 32.2 Å². The van der Waals surface area contributed by atoms with Crippen molar-refractivity contribution in [3.05, 3.63) is 81.9 Å². The number of esters is 1. The fourth-order valence-corrected chi connectivity index (χ4v) is 11.5. The number of Topliss-reactive ketones (excluding diaryl/α,β-unsaturated/α-hetero) is 1. The molecule has 3 heterocycles. The van der Waals surface area contributed by atoms with Crippen molar-refractivity contribution in [1.29, 1.82) is 0 Å². The molecule has 2 saturated heterocycles. The minimum atomic E-state index is -1.74. The average Bonchev–Trinajstić information content (AvgIpc) is 3.72. The molecule has 3 fully saturated rings. The Kier molecular flexibility index (Phi) is 11.6. The molecular weight excluding hydrogens is 764 g/mol. The van der Waals surface area contributed by atoms with Gasteiger partial charge in [-0.3, -0.25) is 9.59 Å². The number of aliphatic hydroxyl groups excluding tert-OH is 2. The zero-order valence-electron chi connectivity index (χ0n) is 34.1. The van der Waals surface area contributed by atoms with Gasteiger partial charge in [0.25, 0.3) is 5.91 Å². The summed E-state index contributed by atoms with van der Waals surface area (Å²) in [5.74, 6) is -4.56. The highest BCUT2D eigenvalue weighted by molar-refractivity contribution is 6.33. The van der Waals surface area contributed by atoms with Gasteiger partial charge in [0.15, 0.2) is 11.9 Å². The normalized spacial score (nSPS) is 41.6. The lowest BCUT2D eigenvalue weighted by molar-refractivity contribution is -0.258. The predicted molar refractivity (Wildman–Crippen MR) is 215 cm³/mol. The van der Waals surface area contributed by atoms with Crippen molar-refractivity contribution in [2.24, 2.45) is 40.4 Å². The number of rotatable bonds is 7. The zero-order chi connectivity index (χ0) is 41.9. The summed E-state index contributed by atoms with van der Waals surface area (Å²) in [6, 6.07) is 0.863. The number of ether oxygens (including phenoxy) is 3. The first-order valence-electron chi connectivity index (χ1n) is 20.8. The van der Waals surface area contributed by atoms with Crippen LogP contribution < -0.4 is 5.32 Å². The summed E-state index contributed by atoms with van der Waals surface area (Å²) in [5, 5.41) is 37.5. The van der Waals surface area contributed by atoms with Gasteiger partial charge in [0.1, 0.15) is 17.0 Å². The number of fused-ring (bicyclic) bond motifs is 4. The van der Waals surface area contributed by atoms with Gasteiger partial charge in [0, 0.05) is 35.9 Å². The predicted octanol–water partition coefficient (Wildman–Crippen LogP) is 7.31. The number of ketones is 1. The van der Waals surface area contributed by atoms with E-state index in [4.69, 9.17) is 25.8 Å². The lowest BCUT2D eigenvalue weighted by Gasteiger charge is -2.55. The Morgan fingerprint density at radius 1 is 1.12 bits per heavy atom. The van der Waals surface area contributed by atoms with E-state index in [9.17, 15) is 29.7 Å². The van der Waals surface area contributed by atoms with Crippen LogP contribution in [-0.4, -0.2) is 80.2 Å². The highest BCUT2D eigenvalue weighted by Gasteiger charge is 2.67. The minimum absolute atomic E-state index is 0.0169. The van der Waals surface area contributed by atoms with Gasteiger partial charge in [0.05, 0.1) is 34.8 Å². The molecule has 7 rings (SSSR count). The smallest absolute Gasteiger partial charge is 0.346 e. The summed E-state index contributed by atoms with van der Waals surface area (Å²) in [6.07, 6.45) is 14.1. The molecule has 1 aromatic heterocycles. The number of carbonyl (C=O) groups is 4. The van der Waals surface area contributed by atoms with Gasteiger partial charge in [-0.25, -0.2) is 9.59 Å². The molecule has 1 aromatic rings. The Morgan fingerprint density at radius 2 is 1.88 bits per heavy atom. The quantitative estimate of drug-likeness (QED) is 0.106. The number of H-pyrrole nitrogens is 1. The fraction of sp³-hybridized carbons (Fsp3) is 0.600. The number of carboxylic acids is 1. The SMILES string of the molecule is CC[C@H]1C[C@]23OC(=O)C(=C(O)[C@]4(CC)[C@@H]5CC[C@H](C)[C@H](O[C@@H]6C[C@@H](O)[C@H](NC(=O)c7[nH]ccc7Cl)[C@@H](C)O6)[C@@H]5C=C[C@H]4C/C=C/C/C(C)=C/[C@@]2(C)C=C1C(=O)O)C3=O. The molecule has 0 aromatic carbocycles. The molecule has 1 amide bonds. The summed E-state index contributed by atoms with van der Waals surface area (Å²) in [4.78, 5) is 57.7. The third-order valence-corrected chi connectivity index (χ3v) is 14.7. The lowest BCUT2D eigenvalue weighted by atomic mass is 9.51. The second-order valence-corrected chi connectivity index (χ2v) is 18.1. The molecule has 4 aliphatic carbocycles. The molecule has 6 aliphatic rings. The van der Waals surface area contributed by atoms with Gasteiger partial charge in [0.2, 0.25) is 5.78 Å². The summed E-state index contributed by atoms with van der Waals surface area (Å²) >= 11 is 6.15. The monoisotopic (exact) mass is 820 g/mol. The maximum atomic E-state index is 15.1. The van der Waals surface area contributed by atoms with E-state index in [0.717, 1.165) is 12.0 Å². The van der Waals surface area contributed by atoms with Crippen molar-refractivity contribution in [3.63, 3.8) is 0 Å². The van der Waals surface area contributed by atoms with E-state index in [1.807, 2.05) is 26.8 Å². The van der Waals surface area contributed by atoms with Crippen molar-refractivity contribution in [2.45, 2.75) is 129 Å². The van der Waals surface area contributed by atoms with Gasteiger partial charge in [-0.05, 0) is 89.0 Å². The Morgan fingerprint density at radius 3 is 2.53 bits per heavy atom. The molecule has 1 spiro atoms. The molecule has 2 aliphatic heterocycles. The van der Waals surface area contributed by atoms with Crippen LogP contribution in [0, 0.1) is 40.4 Å². The van der Waals surface area contributed by atoms with Crippen LogP contribution >= 0.6 is 11.6 Å². The average molecular weight is 821 g/mol. The molecular formula is C45H57ClN2O10. The largest absolute Gasteiger partial charge is 0.511 e. The second-order valence-electron chi connectivity index (χ2n) is 17.7. The number of carbonyl (C=O) groups excluding carboxylic acids is 3. The third-order valence-electron chi connectivity index (χ3n) is 14.4. The fourth-order valence-electron chi connectivity index (χ4n) is 11.3. The molecule has 13 atom stereocenters. The second kappa shape index (κ2) is 15.9. The number of aliphatic hydroxyl groups is 2. The van der Waals surface area contributed by atoms with E-state index in [2.05, 4.69) is 41.5 Å². The Hall–Kier alpha value is -3.97. The molecule has 314 valence electrons. The van der Waals surface area contributed by atoms with Crippen LogP contribution in [0.25, 0.3) is 0 Å². The van der Waals surface area contributed by atoms with Crippen LogP contribution in [0.15, 0.2) is 71.2 Å². The number of carboxylic acid groups (broad SMARTS) is 1. The van der Waals surface area contributed by atoms with Gasteiger partial charge in [-0.15, -0.1) is 0 Å². The molecule has 0 radical (unpaired) electrons. The van der Waals surface area contributed by atoms with Crippen molar-refractivity contribution < 1.29 is 48.7 Å². The van der Waals surface area contributed by atoms with Crippen LogP contribution in [0.3, 0.4) is 0 Å². The van der Waals surface area contributed by atoms with Gasteiger partial charge in [-0.1, -0.05) is 74.4 Å². The molecule has 1 saturated carbocycles. The first kappa shape index (κ1) is 42.2. The number of amides is 1. The summed E-state index contributed by atoms with van der Waals surface area (Å²) in [5.41, 5.74) is -3.16. The van der Waals surface area contributed by atoms with Crippen LogP contribution in [-0.2, 0) is 28.6 Å². The number of halogens is 1. The maximum absolute atomic E-state index is 15.1. The van der Waals surface area contributed by atoms with Crippen molar-refractivity contribution in [1.82, 2.24) is 10.3 Å². The van der Waals surface area contributed by atoms with Crippen LogP contribution in [0.1, 0.15) is 103 Å². The van der Waals surface area contributed by atoms with E-state index in [-0.39, 0.29) is 64.1 Å². The number of nitrogens with one attached hydrogen (secondary N) is 2. The molecule has 0 unspecified atom stereocenters. The number of allylic oxidation sites excluding steroid dienone is 5. The lowest BCUT2D eigenvalue weighted by Crippen LogP contribution is -2.58. The summed E-state index contributed by atoms with van der Waals surface area (Å²) in [7, 11) is 0. The third kappa shape index (κ3) is 6.81. The van der Waals surface area contributed by atoms with E-state index in [1.165, 1.54) is 0 Å². The molecule has 13 heteroatoms. The van der Waals surface area contributed by atoms with Gasteiger partial charge < -0.3 is 39.8 Å². The maximum Gasteiger partial charge on any atom is 0.346 e. The number of aromatic nitrogens is 1. The molecule has 58 heavy (non-hydrogen) atoms. The Bertz CT molecular complexity index is 1990. The summed E-state index contributed by atoms with van der Waals surface area (Å²) < 4.78 is 19.4. The number of hydrogen-bond donors (Lipinski definition) is 5. The molecule has 2 bridgehead atoms. The van der Waals surface area contributed by atoms with Gasteiger partial charge in [-0.2, -0.15) is 0 Å². The van der Waals surface area contributed by atoms with Gasteiger partial charge >= 0.3 is 11.9 Å². The molecule has 12 nitrogen and oxygen atoms in total. The Labute approximate surface area is 344 Å². The van der Waals surface area contributed by atoms with E-state index < -0.39 is 76.6 Å². The standard InChI is InChI=1S/C45H57ClN2O10/c1-7-26-21-45-39(51)34(42(55)58-45)38(50)44(8-2)27(12-10-9-11-23(3)20-43(45,6)22-29(26)41(53)54)14-15-28-30(44)16-13-24(4)37(28)57-33-19-32(49)35(25(5)56-33)48-40(52)36-31(46)17-18-47-36/h9-10,14-15,17-18,20,22,24-28,30,32-33,35,37,47,49-50H,7-8,11-13,16,19,21H2,1-6H3,(H,48,52)(H,53,54)/b10-9+,23-20+,38-34?/t24-,25+,26-,27+,28+,30+,32+,33+,35+,37-,43-,44-,45+/m0/s1. The molecule has 5 N–H and O–H groups in total. The van der Waals surface area contributed by atoms with Crippen LogP contribution in [0.2, 0.25) is 5.02 Å². The van der Waals surface area contributed by atoms with Crippen LogP contribution in [0.4, 0.5) is 0 Å². The first-order chi connectivity index (χ1) is 27.5. The topological polar surface area (TPSA) is 184 Å². The Balaban J connectivity index is 1.24. The van der Waals surface area contributed by atoms with E-state index >= 15 is 4.79 Å². The number of aromatic amines is 1. The highest BCUT2D eigenvalue weighted by atomic mass is 35.5. The first-order valence-corrected chi connectivity index (χ1v) is 21.2. The minimum Gasteiger partial charge on any atom is -0.511 e. The van der Waals surface area contributed by atoms with Crippen LogP contribution in [0.5, 0.6) is 0 Å². The van der Waals surface area contributed by atoms with Crippen molar-refractivity contribution >= 4 is 35.2 Å². The zero-order valence-corrected chi connectivity index (χ0v) is 34.9. The summed E-state index contributed by atoms with van der Waals surface area (Å²) in [6.45, 7) is 11.4. The number of hydrogen-bond acceptors (Lipinski definition) is 9. The van der Waals surface area contributed by atoms with Crippen molar-refractivity contribution in [2.75, 3.05) is 0 Å². The van der Waals surface area contributed by atoms with E-state index in [0.29, 0.717) is 32.1 Å². The number of aliphatic carboxylic acids is 1.